The van der Waals surface area contributed by atoms with E-state index < -0.39 is 6.10 Å². The molecule has 0 radical (unpaired) electrons. The van der Waals surface area contributed by atoms with Crippen LogP contribution in [0, 0.1) is 46.3 Å². The Bertz CT molecular complexity index is 1250. The molecular formula is C49H84N2O3. The summed E-state index contributed by atoms with van der Waals surface area (Å²) in [6, 6.07) is 6.24. The molecule has 4 fully saturated rings. The van der Waals surface area contributed by atoms with Crippen molar-refractivity contribution in [2.24, 2.45) is 46.3 Å². The Kier molecular flexibility index (Phi) is 17.0. The van der Waals surface area contributed by atoms with Crippen LogP contribution in [0.15, 0.2) is 18.2 Å². The third kappa shape index (κ3) is 11.0. The molecule has 0 saturated heterocycles. The molecule has 0 aliphatic heterocycles. The molecular weight excluding hydrogens is 665 g/mol. The Morgan fingerprint density at radius 1 is 0.722 bits per heavy atom. The Morgan fingerprint density at radius 3 is 1.87 bits per heavy atom. The highest BCUT2D eigenvalue weighted by atomic mass is 16.6. The summed E-state index contributed by atoms with van der Waals surface area (Å²) >= 11 is 0. The maximum absolute atomic E-state index is 13.2. The number of anilines is 2. The molecule has 4 unspecified atom stereocenters. The number of carbonyl (C=O) groups is 1. The van der Waals surface area contributed by atoms with Crippen LogP contribution in [0.4, 0.5) is 11.4 Å². The van der Waals surface area contributed by atoms with Crippen molar-refractivity contribution in [3.63, 3.8) is 0 Å². The molecule has 0 bridgehead atoms. The number of benzene rings is 1. The minimum Gasteiger partial charge on any atom is -0.464 e. The lowest BCUT2D eigenvalue weighted by Crippen LogP contribution is -2.53. The molecule has 5 nitrogen and oxygen atoms in total. The van der Waals surface area contributed by atoms with Crippen LogP contribution in [0.25, 0.3) is 0 Å². The van der Waals surface area contributed by atoms with Gasteiger partial charge < -0.3 is 20.9 Å². The van der Waals surface area contributed by atoms with E-state index in [1.165, 1.54) is 153 Å². The third-order valence-electron chi connectivity index (χ3n) is 16.3. The molecule has 308 valence electrons. The highest BCUT2D eigenvalue weighted by Gasteiger charge is 2.60. The van der Waals surface area contributed by atoms with Crippen LogP contribution in [0.5, 0.6) is 0 Å². The molecule has 4 saturated carbocycles. The lowest BCUT2D eigenvalue weighted by Gasteiger charge is -2.61. The van der Waals surface area contributed by atoms with Gasteiger partial charge in [0.25, 0.3) is 0 Å². The fraction of sp³-hybridized carbons (Fsp3) is 0.857. The van der Waals surface area contributed by atoms with Crippen molar-refractivity contribution in [1.82, 2.24) is 0 Å². The maximum Gasteiger partial charge on any atom is 0.335 e. The first kappa shape index (κ1) is 43.4. The number of nitrogen functional groups attached to an aromatic ring is 2. The largest absolute Gasteiger partial charge is 0.464 e. The van der Waals surface area contributed by atoms with Crippen LogP contribution in [0.3, 0.4) is 0 Å². The van der Waals surface area contributed by atoms with Gasteiger partial charge in [-0.25, -0.2) is 4.79 Å². The molecule has 5 rings (SSSR count). The summed E-state index contributed by atoms with van der Waals surface area (Å²) in [6.07, 6.45) is 33.9. The quantitative estimate of drug-likeness (QED) is 0.0661. The first-order chi connectivity index (χ1) is 26.1. The van der Waals surface area contributed by atoms with Crippen LogP contribution in [0.2, 0.25) is 0 Å². The predicted octanol–water partition coefficient (Wildman–Crippen LogP) is 13.4. The second kappa shape index (κ2) is 21.1. The Labute approximate surface area is 332 Å². The molecule has 4 aliphatic rings. The molecule has 4 aliphatic carbocycles. The Balaban J connectivity index is 0.978. The zero-order valence-electron chi connectivity index (χ0n) is 35.8. The number of rotatable bonds is 23. The van der Waals surface area contributed by atoms with Gasteiger partial charge in [0.1, 0.15) is 0 Å². The fourth-order valence-corrected chi connectivity index (χ4v) is 13.2. The second-order valence-electron chi connectivity index (χ2n) is 19.7. The number of hydrogen-bond acceptors (Lipinski definition) is 5. The van der Waals surface area contributed by atoms with E-state index >= 15 is 0 Å². The summed E-state index contributed by atoms with van der Waals surface area (Å²) in [5.74, 6) is 4.87. The molecule has 5 heteroatoms. The van der Waals surface area contributed by atoms with Crippen LogP contribution in [0.1, 0.15) is 206 Å². The monoisotopic (exact) mass is 749 g/mol. The molecule has 1 aromatic rings. The highest BCUT2D eigenvalue weighted by Crippen LogP contribution is 2.69. The maximum atomic E-state index is 13.2. The molecule has 54 heavy (non-hydrogen) atoms. The van der Waals surface area contributed by atoms with E-state index in [2.05, 4.69) is 39.8 Å². The number of methoxy groups -OCH3 is 1. The van der Waals surface area contributed by atoms with Crippen LogP contribution >= 0.6 is 0 Å². The van der Waals surface area contributed by atoms with Crippen LogP contribution in [-0.2, 0) is 14.3 Å². The van der Waals surface area contributed by atoms with Gasteiger partial charge in [0, 0.05) is 18.5 Å². The molecule has 0 amide bonds. The van der Waals surface area contributed by atoms with E-state index in [-0.39, 0.29) is 5.97 Å². The first-order valence-electron chi connectivity index (χ1n) is 23.5. The van der Waals surface area contributed by atoms with Crippen molar-refractivity contribution in [1.29, 1.82) is 0 Å². The van der Waals surface area contributed by atoms with Gasteiger partial charge in [-0.05, 0) is 147 Å². The third-order valence-corrected chi connectivity index (χ3v) is 16.3. The Morgan fingerprint density at radius 2 is 1.28 bits per heavy atom. The van der Waals surface area contributed by atoms with E-state index in [1.54, 1.807) is 7.11 Å². The Hall–Kier alpha value is -1.75. The minimum absolute atomic E-state index is 0.142. The summed E-state index contributed by atoms with van der Waals surface area (Å²) in [6.45, 7) is 10.5. The van der Waals surface area contributed by atoms with Crippen molar-refractivity contribution in [3.8, 4) is 0 Å². The number of nitrogens with two attached hydrogens (primary N) is 2. The summed E-state index contributed by atoms with van der Waals surface area (Å²) in [5, 5.41) is 0. The minimum atomic E-state index is -0.445. The van der Waals surface area contributed by atoms with Crippen LogP contribution < -0.4 is 11.5 Å². The van der Waals surface area contributed by atoms with Gasteiger partial charge >= 0.3 is 5.97 Å². The standard InChI is InChI=1S/C49H84N2O3/c1-6-7-8-9-10-11-12-13-14-15-16-17-18-19-20-21-30-54-47(52)46(53-5)31-36(2)43-24-25-44-42-23-22-39-32-37(38-33-40(50)35-41(51)34-38)26-28-48(39,3)45(42)27-29-49(43,44)4/h33-37,39,42-46H,6-32,50-51H2,1-5H3/t36?,37?,39?,42-,43+,44-,45-,46?,48-,49+/m0/s1. The molecule has 10 atom stereocenters. The van der Waals surface area contributed by atoms with Crippen molar-refractivity contribution >= 4 is 17.3 Å². The smallest absolute Gasteiger partial charge is 0.335 e. The average molecular weight is 749 g/mol. The number of carbonyl (C=O) groups excluding carboxylic acids is 1. The fourth-order valence-electron chi connectivity index (χ4n) is 13.2. The van der Waals surface area contributed by atoms with Gasteiger partial charge in [0.05, 0.1) is 6.61 Å². The van der Waals surface area contributed by atoms with Crippen molar-refractivity contribution < 1.29 is 14.3 Å². The predicted molar refractivity (Wildman–Crippen MR) is 228 cm³/mol. The van der Waals surface area contributed by atoms with Crippen molar-refractivity contribution in [2.75, 3.05) is 25.2 Å². The normalized spacial score (nSPS) is 31.6. The lowest BCUT2D eigenvalue weighted by molar-refractivity contribution is -0.157. The molecule has 0 spiro atoms. The number of esters is 1. The summed E-state index contributed by atoms with van der Waals surface area (Å²) < 4.78 is 11.6. The molecule has 0 aromatic heterocycles. The van der Waals surface area contributed by atoms with Gasteiger partial charge in [-0.15, -0.1) is 0 Å². The van der Waals surface area contributed by atoms with E-state index in [0.717, 1.165) is 54.3 Å². The van der Waals surface area contributed by atoms with Gasteiger partial charge in [0.15, 0.2) is 6.10 Å². The number of fused-ring (bicyclic) bond motifs is 5. The van der Waals surface area contributed by atoms with Gasteiger partial charge in [-0.3, -0.25) is 0 Å². The van der Waals surface area contributed by atoms with E-state index in [9.17, 15) is 4.79 Å². The highest BCUT2D eigenvalue weighted by molar-refractivity contribution is 5.74. The summed E-state index contributed by atoms with van der Waals surface area (Å²) in [5.41, 5.74) is 16.2. The van der Waals surface area contributed by atoms with Gasteiger partial charge in [-0.2, -0.15) is 0 Å². The van der Waals surface area contributed by atoms with Crippen LogP contribution in [-0.4, -0.2) is 25.8 Å². The number of ether oxygens (including phenoxy) is 2. The second-order valence-corrected chi connectivity index (χ2v) is 19.7. The average Bonchev–Trinajstić information content (AvgIpc) is 3.51. The summed E-state index contributed by atoms with van der Waals surface area (Å²) in [7, 11) is 1.70. The lowest BCUT2D eigenvalue weighted by atomic mass is 9.43. The summed E-state index contributed by atoms with van der Waals surface area (Å²) in [4.78, 5) is 13.2. The van der Waals surface area contributed by atoms with E-state index in [4.69, 9.17) is 20.9 Å². The van der Waals surface area contributed by atoms with E-state index in [0.29, 0.717) is 35.2 Å². The number of unbranched alkanes of at least 4 members (excludes halogenated alkanes) is 15. The number of hydrogen-bond donors (Lipinski definition) is 2. The zero-order chi connectivity index (χ0) is 38.6. The van der Waals surface area contributed by atoms with Gasteiger partial charge in [0.2, 0.25) is 0 Å². The molecule has 1 aromatic carbocycles. The van der Waals surface area contributed by atoms with E-state index in [1.807, 2.05) is 6.07 Å². The van der Waals surface area contributed by atoms with Crippen molar-refractivity contribution in [2.45, 2.75) is 207 Å². The first-order valence-corrected chi connectivity index (χ1v) is 23.5. The SMILES string of the molecule is CCCCCCCCCCCCCCCCCCOC(=O)C(CC(C)[C@H]1CC[C@H]2[C@@H]3CCC4CC(c5cc(N)cc(N)c5)CC[C@]4(C)[C@H]3CC[C@]12C)OC. The zero-order valence-corrected chi connectivity index (χ0v) is 35.8. The van der Waals surface area contributed by atoms with Crippen molar-refractivity contribution in [3.05, 3.63) is 23.8 Å². The topological polar surface area (TPSA) is 87.6 Å². The molecule has 0 heterocycles. The molecule has 4 N–H and O–H groups in total. The van der Waals surface area contributed by atoms with Gasteiger partial charge in [-0.1, -0.05) is 124 Å².